The van der Waals surface area contributed by atoms with Crippen LogP contribution in [0.5, 0.6) is 0 Å². The van der Waals surface area contributed by atoms with Crippen molar-refractivity contribution in [3.8, 4) is 0 Å². The summed E-state index contributed by atoms with van der Waals surface area (Å²) in [7, 11) is 0.836. The monoisotopic (exact) mass is 332 g/mol. The summed E-state index contributed by atoms with van der Waals surface area (Å²) >= 11 is 3.47. The Kier molecular flexibility index (Phi) is 3.77. The highest BCUT2D eigenvalue weighted by Gasteiger charge is 2.43. The van der Waals surface area contributed by atoms with Crippen LogP contribution in [-0.4, -0.2) is 35.2 Å². The fourth-order valence-electron chi connectivity index (χ4n) is 0.936. The van der Waals surface area contributed by atoms with Gasteiger partial charge in [-0.15, -0.1) is 0 Å². The molecule has 17 heavy (non-hydrogen) atoms. The summed E-state index contributed by atoms with van der Waals surface area (Å²) in [6.45, 7) is 0. The number of aromatic nitrogens is 1. The second-order valence-electron chi connectivity index (χ2n) is 2.79. The van der Waals surface area contributed by atoms with Crippen molar-refractivity contribution in [2.45, 2.75) is 6.18 Å². The molecule has 0 spiro atoms. The van der Waals surface area contributed by atoms with Gasteiger partial charge >= 0.3 is 18.1 Å². The summed E-state index contributed by atoms with van der Waals surface area (Å²) in [5.41, 5.74) is -0.609. The van der Waals surface area contributed by atoms with E-state index in [0.29, 0.717) is 11.3 Å². The third-order valence-corrected chi connectivity index (χ3v) is 3.22. The van der Waals surface area contributed by atoms with Gasteiger partial charge in [-0.1, -0.05) is 11.3 Å². The van der Waals surface area contributed by atoms with Gasteiger partial charge in [0, 0.05) is 7.05 Å². The van der Waals surface area contributed by atoms with Gasteiger partial charge in [0.15, 0.2) is 9.61 Å². The molecule has 0 unspecified atom stereocenters. The minimum Gasteiger partial charge on any atom is -0.476 e. The number of anilines is 1. The van der Waals surface area contributed by atoms with Gasteiger partial charge in [-0.2, -0.15) is 13.2 Å². The maximum Gasteiger partial charge on any atom is 0.471 e. The molecule has 0 radical (unpaired) electrons. The van der Waals surface area contributed by atoms with E-state index in [4.69, 9.17) is 5.11 Å². The van der Waals surface area contributed by atoms with Crippen molar-refractivity contribution in [2.75, 3.05) is 11.9 Å². The molecule has 0 saturated heterocycles. The first-order valence-corrected chi connectivity index (χ1v) is 5.50. The molecule has 0 fully saturated rings. The predicted octanol–water partition coefficient (Wildman–Crippen LogP) is 2.13. The molecule has 1 aromatic heterocycles. The highest BCUT2D eigenvalue weighted by atomic mass is 79.9. The van der Waals surface area contributed by atoms with Gasteiger partial charge in [0.1, 0.15) is 5.00 Å². The highest BCUT2D eigenvalue weighted by molar-refractivity contribution is 9.11. The molecule has 1 N–H and O–H groups in total. The van der Waals surface area contributed by atoms with Crippen molar-refractivity contribution >= 4 is 44.1 Å². The van der Waals surface area contributed by atoms with Gasteiger partial charge in [-0.3, -0.25) is 9.69 Å². The number of carboxylic acid groups (broad SMARTS) is 1. The number of carboxylic acids is 1. The molecule has 0 saturated carbocycles. The van der Waals surface area contributed by atoms with E-state index in [-0.39, 0.29) is 13.8 Å². The Morgan fingerprint density at radius 2 is 2.00 bits per heavy atom. The lowest BCUT2D eigenvalue weighted by Crippen LogP contribution is -2.38. The zero-order chi connectivity index (χ0) is 13.4. The Labute approximate surface area is 105 Å². The minimum atomic E-state index is -5.07. The quantitative estimate of drug-likeness (QED) is 0.900. The fourth-order valence-corrected chi connectivity index (χ4v) is 2.32. The molecular formula is C7H4BrF3N2O3S. The van der Waals surface area contributed by atoms with Gasteiger partial charge in [0.05, 0.1) is 0 Å². The lowest BCUT2D eigenvalue weighted by molar-refractivity contribution is -0.170. The minimum absolute atomic E-state index is 0.0757. The molecule has 1 amide bonds. The number of halogens is 4. The highest BCUT2D eigenvalue weighted by Crippen LogP contribution is 2.33. The summed E-state index contributed by atoms with van der Waals surface area (Å²) in [6, 6.07) is 0. The second-order valence-corrected chi connectivity index (χ2v) is 5.04. The first kappa shape index (κ1) is 13.9. The number of rotatable bonds is 2. The van der Waals surface area contributed by atoms with Crippen LogP contribution >= 0.6 is 27.3 Å². The van der Waals surface area contributed by atoms with Crippen LogP contribution in [0.1, 0.15) is 10.5 Å². The van der Waals surface area contributed by atoms with E-state index in [1.165, 1.54) is 0 Å². The Hall–Kier alpha value is -1.16. The molecule has 10 heteroatoms. The average Bonchev–Trinajstić information content (AvgIpc) is 2.56. The number of alkyl halides is 3. The van der Waals surface area contributed by atoms with Crippen LogP contribution in [0.4, 0.5) is 18.2 Å². The van der Waals surface area contributed by atoms with E-state index >= 15 is 0 Å². The normalized spacial score (nSPS) is 11.4. The Balaban J connectivity index is 3.17. The summed E-state index contributed by atoms with van der Waals surface area (Å²) in [6.07, 6.45) is -5.07. The van der Waals surface area contributed by atoms with Crippen LogP contribution < -0.4 is 4.90 Å². The molecular weight excluding hydrogens is 329 g/mol. The van der Waals surface area contributed by atoms with Crippen LogP contribution in [-0.2, 0) is 4.79 Å². The number of amides is 1. The first-order chi connectivity index (χ1) is 7.64. The lowest BCUT2D eigenvalue weighted by Gasteiger charge is -2.16. The number of thiazole rings is 1. The third kappa shape index (κ3) is 2.94. The van der Waals surface area contributed by atoms with Crippen LogP contribution in [0, 0.1) is 0 Å². The lowest BCUT2D eigenvalue weighted by atomic mass is 10.4. The van der Waals surface area contributed by atoms with Crippen LogP contribution in [0.2, 0.25) is 0 Å². The molecule has 1 rings (SSSR count). The molecule has 94 valence electrons. The van der Waals surface area contributed by atoms with E-state index in [0.717, 1.165) is 7.05 Å². The number of carbonyl (C=O) groups excluding carboxylic acids is 1. The Bertz CT molecular complexity index is 473. The first-order valence-electron chi connectivity index (χ1n) is 3.89. The second kappa shape index (κ2) is 4.61. The molecule has 0 aromatic carbocycles. The standard InChI is InChI=1S/C7H4BrF3N2O3S/c1-13(5(16)7(9,10)11)3-2(4(14)15)12-6(8)17-3/h1H3,(H,14,15). The van der Waals surface area contributed by atoms with Crippen molar-refractivity contribution in [3.63, 3.8) is 0 Å². The number of aromatic carboxylic acids is 1. The maximum atomic E-state index is 12.2. The van der Waals surface area contributed by atoms with Crippen LogP contribution in [0.15, 0.2) is 3.92 Å². The summed E-state index contributed by atoms with van der Waals surface area (Å²) in [5, 5.41) is 8.33. The smallest absolute Gasteiger partial charge is 0.471 e. The Morgan fingerprint density at radius 1 is 1.47 bits per heavy atom. The van der Waals surface area contributed by atoms with E-state index < -0.39 is 23.7 Å². The molecule has 1 aromatic rings. The topological polar surface area (TPSA) is 70.5 Å². The average molecular weight is 333 g/mol. The number of nitrogens with zero attached hydrogens (tertiary/aromatic N) is 2. The van der Waals surface area contributed by atoms with E-state index in [9.17, 15) is 22.8 Å². The molecule has 1 heterocycles. The molecule has 0 bridgehead atoms. The van der Waals surface area contributed by atoms with Gasteiger partial charge in [0.25, 0.3) is 0 Å². The molecule has 0 aliphatic rings. The Morgan fingerprint density at radius 3 is 2.41 bits per heavy atom. The van der Waals surface area contributed by atoms with Gasteiger partial charge < -0.3 is 5.11 Å². The van der Waals surface area contributed by atoms with Crippen LogP contribution in [0.25, 0.3) is 0 Å². The molecule has 5 nitrogen and oxygen atoms in total. The molecule has 0 aliphatic heterocycles. The predicted molar refractivity (Wildman–Crippen MR) is 56.2 cm³/mol. The van der Waals surface area contributed by atoms with E-state index in [1.54, 1.807) is 0 Å². The summed E-state index contributed by atoms with van der Waals surface area (Å²) in [5.74, 6) is -3.67. The third-order valence-electron chi connectivity index (χ3n) is 1.64. The zero-order valence-electron chi connectivity index (χ0n) is 8.08. The molecule has 0 atom stereocenters. The molecule has 0 aliphatic carbocycles. The number of carbonyl (C=O) groups is 2. The zero-order valence-corrected chi connectivity index (χ0v) is 10.5. The van der Waals surface area contributed by atoms with Crippen molar-refractivity contribution in [1.82, 2.24) is 4.98 Å². The van der Waals surface area contributed by atoms with Crippen molar-refractivity contribution in [2.24, 2.45) is 0 Å². The van der Waals surface area contributed by atoms with Gasteiger partial charge in [-0.25, -0.2) is 9.78 Å². The largest absolute Gasteiger partial charge is 0.476 e. The maximum absolute atomic E-state index is 12.2. The van der Waals surface area contributed by atoms with Gasteiger partial charge in [0.2, 0.25) is 0 Å². The fraction of sp³-hybridized carbons (Fsp3) is 0.286. The number of hydrogen-bond acceptors (Lipinski definition) is 4. The summed E-state index contributed by atoms with van der Waals surface area (Å²) < 4.78 is 36.6. The van der Waals surface area contributed by atoms with Gasteiger partial charge in [-0.05, 0) is 15.9 Å². The van der Waals surface area contributed by atoms with Crippen LogP contribution in [0.3, 0.4) is 0 Å². The van der Waals surface area contributed by atoms with Crippen molar-refractivity contribution in [3.05, 3.63) is 9.61 Å². The van der Waals surface area contributed by atoms with E-state index in [1.807, 2.05) is 0 Å². The van der Waals surface area contributed by atoms with E-state index in [2.05, 4.69) is 20.9 Å². The summed E-state index contributed by atoms with van der Waals surface area (Å²) in [4.78, 5) is 25.3. The SMILES string of the molecule is CN(C(=O)C(F)(F)F)c1sc(Br)nc1C(=O)O. The number of hydrogen-bond donors (Lipinski definition) is 1. The van der Waals surface area contributed by atoms with Crippen molar-refractivity contribution < 1.29 is 27.9 Å². The van der Waals surface area contributed by atoms with Crippen molar-refractivity contribution in [1.29, 1.82) is 0 Å².